The molecule has 2 heterocycles. The fourth-order valence-corrected chi connectivity index (χ4v) is 3.62. The summed E-state index contributed by atoms with van der Waals surface area (Å²) in [4.78, 5) is 28.6. The van der Waals surface area contributed by atoms with Gasteiger partial charge in [0, 0.05) is 38.6 Å². The Bertz CT molecular complexity index is 453. The van der Waals surface area contributed by atoms with E-state index in [0.29, 0.717) is 25.9 Å². The number of carbonyl (C=O) groups excluding carboxylic acids is 2. The minimum Gasteiger partial charge on any atom is -0.444 e. The predicted octanol–water partition coefficient (Wildman–Crippen LogP) is 2.48. The molecular weight excluding hydrogens is 318 g/mol. The van der Waals surface area contributed by atoms with Gasteiger partial charge in [0.15, 0.2) is 0 Å². The first-order valence-electron chi connectivity index (χ1n) is 9.72. The number of ether oxygens (including phenoxy) is 1. The SMILES string of the molecule is CC1CCCN(CCNC(=O)C2CCN(C(=O)OC(C)(C)C)CC2)C1. The van der Waals surface area contributed by atoms with Gasteiger partial charge in [0.1, 0.15) is 5.60 Å². The molecule has 2 fully saturated rings. The van der Waals surface area contributed by atoms with Crippen molar-refractivity contribution in [3.8, 4) is 0 Å². The normalized spacial score (nSPS) is 23.4. The summed E-state index contributed by atoms with van der Waals surface area (Å²) in [5, 5.41) is 3.08. The fourth-order valence-electron chi connectivity index (χ4n) is 3.62. The summed E-state index contributed by atoms with van der Waals surface area (Å²) in [5.41, 5.74) is -0.475. The van der Waals surface area contributed by atoms with Crippen LogP contribution in [0.4, 0.5) is 4.79 Å². The van der Waals surface area contributed by atoms with Gasteiger partial charge in [-0.1, -0.05) is 6.92 Å². The van der Waals surface area contributed by atoms with Crippen molar-refractivity contribution in [1.82, 2.24) is 15.1 Å². The Labute approximate surface area is 152 Å². The molecule has 6 nitrogen and oxygen atoms in total. The third kappa shape index (κ3) is 6.84. The van der Waals surface area contributed by atoms with Crippen LogP contribution in [0.3, 0.4) is 0 Å². The molecule has 2 aliphatic heterocycles. The third-order valence-corrected chi connectivity index (χ3v) is 4.99. The van der Waals surface area contributed by atoms with Gasteiger partial charge in [-0.2, -0.15) is 0 Å². The number of amides is 2. The second-order valence-electron chi connectivity index (χ2n) is 8.58. The molecule has 1 atom stereocenters. The largest absolute Gasteiger partial charge is 0.444 e. The maximum atomic E-state index is 12.3. The van der Waals surface area contributed by atoms with Crippen LogP contribution in [0.2, 0.25) is 0 Å². The Morgan fingerprint density at radius 3 is 2.40 bits per heavy atom. The van der Waals surface area contributed by atoms with Crippen molar-refractivity contribution in [2.24, 2.45) is 11.8 Å². The maximum absolute atomic E-state index is 12.3. The first kappa shape index (κ1) is 20.0. The number of carbonyl (C=O) groups is 2. The van der Waals surface area contributed by atoms with Crippen LogP contribution < -0.4 is 5.32 Å². The van der Waals surface area contributed by atoms with Crippen molar-refractivity contribution in [3.05, 3.63) is 0 Å². The lowest BCUT2D eigenvalue weighted by atomic mass is 9.96. The molecule has 2 aliphatic rings. The summed E-state index contributed by atoms with van der Waals surface area (Å²) in [6.45, 7) is 13.0. The number of nitrogens with one attached hydrogen (secondary N) is 1. The predicted molar refractivity (Wildman–Crippen MR) is 98.4 cm³/mol. The lowest BCUT2D eigenvalue weighted by Crippen LogP contribution is -2.46. The maximum Gasteiger partial charge on any atom is 0.410 e. The van der Waals surface area contributed by atoms with E-state index in [4.69, 9.17) is 4.74 Å². The summed E-state index contributed by atoms with van der Waals surface area (Å²) in [5.74, 6) is 0.912. The molecule has 0 radical (unpaired) electrons. The first-order chi connectivity index (χ1) is 11.7. The molecule has 0 aliphatic carbocycles. The van der Waals surface area contributed by atoms with E-state index in [9.17, 15) is 9.59 Å². The molecule has 6 heteroatoms. The zero-order valence-electron chi connectivity index (χ0n) is 16.3. The molecule has 1 unspecified atom stereocenters. The quantitative estimate of drug-likeness (QED) is 0.843. The van der Waals surface area contributed by atoms with Gasteiger partial charge >= 0.3 is 6.09 Å². The monoisotopic (exact) mass is 353 g/mol. The highest BCUT2D eigenvalue weighted by molar-refractivity contribution is 5.79. The van der Waals surface area contributed by atoms with Gasteiger partial charge in [-0.25, -0.2) is 4.79 Å². The van der Waals surface area contributed by atoms with Crippen molar-refractivity contribution in [2.75, 3.05) is 39.3 Å². The fraction of sp³-hybridized carbons (Fsp3) is 0.895. The average Bonchev–Trinajstić information content (AvgIpc) is 2.53. The number of nitrogens with zero attached hydrogens (tertiary/aromatic N) is 2. The van der Waals surface area contributed by atoms with Gasteiger partial charge < -0.3 is 19.9 Å². The Morgan fingerprint density at radius 1 is 1.12 bits per heavy atom. The van der Waals surface area contributed by atoms with Crippen molar-refractivity contribution in [2.45, 2.75) is 59.0 Å². The van der Waals surface area contributed by atoms with Crippen molar-refractivity contribution >= 4 is 12.0 Å². The molecule has 2 rings (SSSR count). The molecule has 0 aromatic rings. The van der Waals surface area contributed by atoms with Crippen molar-refractivity contribution < 1.29 is 14.3 Å². The highest BCUT2D eigenvalue weighted by Crippen LogP contribution is 2.20. The summed E-state index contributed by atoms with van der Waals surface area (Å²) < 4.78 is 5.39. The molecule has 144 valence electrons. The van der Waals surface area contributed by atoms with Crippen LogP contribution in [0.25, 0.3) is 0 Å². The van der Waals surface area contributed by atoms with Crippen LogP contribution in [0.15, 0.2) is 0 Å². The lowest BCUT2D eigenvalue weighted by molar-refractivity contribution is -0.126. The topological polar surface area (TPSA) is 61.9 Å². The molecule has 0 aromatic heterocycles. The zero-order valence-corrected chi connectivity index (χ0v) is 16.3. The molecule has 0 bridgehead atoms. The van der Waals surface area contributed by atoms with Gasteiger partial charge in [-0.3, -0.25) is 4.79 Å². The number of hydrogen-bond acceptors (Lipinski definition) is 4. The minimum atomic E-state index is -0.475. The molecule has 1 N–H and O–H groups in total. The van der Waals surface area contributed by atoms with Gasteiger partial charge in [0.2, 0.25) is 5.91 Å². The number of rotatable bonds is 4. The minimum absolute atomic E-state index is 0.0129. The molecule has 2 saturated heterocycles. The van der Waals surface area contributed by atoms with E-state index in [0.717, 1.165) is 32.1 Å². The van der Waals surface area contributed by atoms with E-state index in [1.807, 2.05) is 20.8 Å². The van der Waals surface area contributed by atoms with Crippen LogP contribution >= 0.6 is 0 Å². The van der Waals surface area contributed by atoms with Gasteiger partial charge in [-0.05, 0) is 58.9 Å². The number of hydrogen-bond donors (Lipinski definition) is 1. The zero-order chi connectivity index (χ0) is 18.4. The Kier molecular flexibility index (Phi) is 7.11. The van der Waals surface area contributed by atoms with Crippen molar-refractivity contribution in [1.29, 1.82) is 0 Å². The summed E-state index contributed by atoms with van der Waals surface area (Å²) in [6, 6.07) is 0. The van der Waals surface area contributed by atoms with E-state index >= 15 is 0 Å². The van der Waals surface area contributed by atoms with E-state index < -0.39 is 5.60 Å². The van der Waals surface area contributed by atoms with E-state index in [1.165, 1.54) is 12.8 Å². The van der Waals surface area contributed by atoms with Gasteiger partial charge in [-0.15, -0.1) is 0 Å². The number of likely N-dealkylation sites (tertiary alicyclic amines) is 2. The Hall–Kier alpha value is -1.30. The van der Waals surface area contributed by atoms with Gasteiger partial charge in [0.05, 0.1) is 0 Å². The van der Waals surface area contributed by atoms with Crippen LogP contribution in [-0.4, -0.2) is 66.7 Å². The lowest BCUT2D eigenvalue weighted by Gasteiger charge is -2.33. The summed E-state index contributed by atoms with van der Waals surface area (Å²) >= 11 is 0. The highest BCUT2D eigenvalue weighted by Gasteiger charge is 2.29. The smallest absolute Gasteiger partial charge is 0.410 e. The molecular formula is C19H35N3O3. The Morgan fingerprint density at radius 2 is 1.80 bits per heavy atom. The molecule has 0 aromatic carbocycles. The van der Waals surface area contributed by atoms with Crippen LogP contribution in [0.5, 0.6) is 0 Å². The molecule has 25 heavy (non-hydrogen) atoms. The van der Waals surface area contributed by atoms with Crippen LogP contribution in [-0.2, 0) is 9.53 Å². The third-order valence-electron chi connectivity index (χ3n) is 4.99. The first-order valence-corrected chi connectivity index (χ1v) is 9.72. The highest BCUT2D eigenvalue weighted by atomic mass is 16.6. The average molecular weight is 354 g/mol. The molecule has 0 saturated carbocycles. The summed E-state index contributed by atoms with van der Waals surface area (Å²) in [7, 11) is 0. The van der Waals surface area contributed by atoms with Crippen LogP contribution in [0, 0.1) is 11.8 Å². The number of piperidine rings is 2. The Balaban J connectivity index is 1.64. The van der Waals surface area contributed by atoms with Crippen molar-refractivity contribution in [3.63, 3.8) is 0 Å². The van der Waals surface area contributed by atoms with E-state index in [1.54, 1.807) is 4.90 Å². The second-order valence-corrected chi connectivity index (χ2v) is 8.58. The van der Waals surface area contributed by atoms with E-state index in [2.05, 4.69) is 17.1 Å². The summed E-state index contributed by atoms with van der Waals surface area (Å²) in [6.07, 6.45) is 3.74. The van der Waals surface area contributed by atoms with E-state index in [-0.39, 0.29) is 17.9 Å². The van der Waals surface area contributed by atoms with Gasteiger partial charge in [0.25, 0.3) is 0 Å². The molecule has 2 amide bonds. The standard InChI is InChI=1S/C19H35N3O3/c1-15-6-5-10-21(14-15)13-9-20-17(23)16-7-11-22(12-8-16)18(24)25-19(2,3)4/h15-16H,5-14H2,1-4H3,(H,20,23). The van der Waals surface area contributed by atoms with Crippen LogP contribution in [0.1, 0.15) is 53.4 Å². The molecule has 0 spiro atoms. The second kappa shape index (κ2) is 8.88.